The van der Waals surface area contributed by atoms with E-state index in [4.69, 9.17) is 23.2 Å². The molecule has 0 bridgehead atoms. The number of carbonyl (C=O) groups is 1. The minimum atomic E-state index is -0.0119. The normalized spacial score (nSPS) is 20.2. The quantitative estimate of drug-likeness (QED) is 0.805. The Bertz CT molecular complexity index is 511. The highest BCUT2D eigenvalue weighted by Crippen LogP contribution is 2.30. The number of carbonyl (C=O) groups excluding carboxylic acids is 1. The van der Waals surface area contributed by atoms with Crippen LogP contribution >= 0.6 is 23.2 Å². The van der Waals surface area contributed by atoms with Crippen LogP contribution < -0.4 is 0 Å². The molecule has 108 valence electrons. The summed E-state index contributed by atoms with van der Waals surface area (Å²) in [5, 5.41) is 0.558. The maximum Gasteiger partial charge on any atom is 0.255 e. The van der Waals surface area contributed by atoms with Crippen molar-refractivity contribution in [1.82, 2.24) is 14.8 Å². The molecule has 1 aromatic heterocycles. The lowest BCUT2D eigenvalue weighted by Crippen LogP contribution is -2.49. The van der Waals surface area contributed by atoms with Gasteiger partial charge in [-0.15, -0.1) is 0 Å². The van der Waals surface area contributed by atoms with E-state index in [0.717, 1.165) is 32.1 Å². The van der Waals surface area contributed by atoms with Gasteiger partial charge in [0.15, 0.2) is 0 Å². The predicted molar refractivity (Wildman–Crippen MR) is 79.3 cm³/mol. The third kappa shape index (κ3) is 3.25. The van der Waals surface area contributed by atoms with Crippen molar-refractivity contribution in [3.8, 4) is 0 Å². The zero-order valence-corrected chi connectivity index (χ0v) is 12.7. The molecule has 2 fully saturated rings. The number of pyridine rings is 1. The Balaban J connectivity index is 1.58. The summed E-state index contributed by atoms with van der Waals surface area (Å²) in [6, 6.07) is 1.59. The molecule has 1 aliphatic heterocycles. The van der Waals surface area contributed by atoms with Gasteiger partial charge in [-0.05, 0) is 24.8 Å². The van der Waals surface area contributed by atoms with Crippen molar-refractivity contribution in [3.05, 3.63) is 28.0 Å². The molecular formula is C14H17Cl2N3O. The minimum absolute atomic E-state index is 0.0119. The van der Waals surface area contributed by atoms with Crippen LogP contribution in [0.5, 0.6) is 0 Å². The van der Waals surface area contributed by atoms with E-state index in [0.29, 0.717) is 10.6 Å². The van der Waals surface area contributed by atoms with Crippen LogP contribution in [0.2, 0.25) is 10.2 Å². The second-order valence-corrected chi connectivity index (χ2v) is 6.30. The van der Waals surface area contributed by atoms with Gasteiger partial charge < -0.3 is 4.90 Å². The van der Waals surface area contributed by atoms with Crippen LogP contribution in [-0.2, 0) is 0 Å². The largest absolute Gasteiger partial charge is 0.336 e. The maximum absolute atomic E-state index is 12.4. The second kappa shape index (κ2) is 5.88. The van der Waals surface area contributed by atoms with Gasteiger partial charge in [-0.2, -0.15) is 0 Å². The third-order valence-corrected chi connectivity index (χ3v) is 4.60. The molecule has 6 heteroatoms. The lowest BCUT2D eigenvalue weighted by atomic mass is 10.2. The molecule has 1 amide bonds. The Kier molecular flexibility index (Phi) is 4.15. The number of rotatable bonds is 3. The average molecular weight is 314 g/mol. The summed E-state index contributed by atoms with van der Waals surface area (Å²) in [6.07, 6.45) is 4.23. The predicted octanol–water partition coefficient (Wildman–Crippen LogP) is 2.56. The van der Waals surface area contributed by atoms with Gasteiger partial charge in [0.05, 0.1) is 10.6 Å². The van der Waals surface area contributed by atoms with E-state index in [-0.39, 0.29) is 11.1 Å². The van der Waals surface area contributed by atoms with Gasteiger partial charge in [0.1, 0.15) is 5.15 Å². The standard InChI is InChI=1S/C14H17Cl2N3O/c15-12-7-11(8-17-13(12)16)14(20)19-5-3-18(4-6-19)9-10-1-2-10/h7-8,10H,1-6,9H2. The number of hydrogen-bond donors (Lipinski definition) is 0. The first-order chi connectivity index (χ1) is 9.63. The summed E-state index contributed by atoms with van der Waals surface area (Å²) in [5.41, 5.74) is 0.509. The van der Waals surface area contributed by atoms with Crippen molar-refractivity contribution in [2.45, 2.75) is 12.8 Å². The van der Waals surface area contributed by atoms with E-state index in [1.807, 2.05) is 4.90 Å². The summed E-state index contributed by atoms with van der Waals surface area (Å²) >= 11 is 11.7. The van der Waals surface area contributed by atoms with Gasteiger partial charge >= 0.3 is 0 Å². The van der Waals surface area contributed by atoms with Gasteiger partial charge in [0, 0.05) is 38.9 Å². The number of aromatic nitrogens is 1. The van der Waals surface area contributed by atoms with Crippen LogP contribution in [0.1, 0.15) is 23.2 Å². The fraction of sp³-hybridized carbons (Fsp3) is 0.571. The first-order valence-electron chi connectivity index (χ1n) is 6.96. The molecule has 4 nitrogen and oxygen atoms in total. The highest BCUT2D eigenvalue weighted by Gasteiger charge is 2.28. The van der Waals surface area contributed by atoms with Crippen molar-refractivity contribution in [3.63, 3.8) is 0 Å². The van der Waals surface area contributed by atoms with Crippen molar-refractivity contribution in [1.29, 1.82) is 0 Å². The highest BCUT2D eigenvalue weighted by atomic mass is 35.5. The van der Waals surface area contributed by atoms with E-state index in [1.165, 1.54) is 25.6 Å². The summed E-state index contributed by atoms with van der Waals surface area (Å²) < 4.78 is 0. The molecule has 1 aliphatic carbocycles. The molecule has 0 aromatic carbocycles. The zero-order chi connectivity index (χ0) is 14.1. The number of piperazine rings is 1. The Morgan fingerprint density at radius 1 is 1.25 bits per heavy atom. The number of nitrogens with zero attached hydrogens (tertiary/aromatic N) is 3. The van der Waals surface area contributed by atoms with E-state index in [2.05, 4.69) is 9.88 Å². The molecule has 0 atom stereocenters. The molecule has 0 radical (unpaired) electrons. The fourth-order valence-corrected chi connectivity index (χ4v) is 2.79. The fourth-order valence-electron chi connectivity index (χ4n) is 2.52. The molecule has 0 unspecified atom stereocenters. The van der Waals surface area contributed by atoms with E-state index in [9.17, 15) is 4.79 Å². The molecule has 0 spiro atoms. The van der Waals surface area contributed by atoms with Gasteiger partial charge in [-0.3, -0.25) is 9.69 Å². The molecule has 1 aromatic rings. The van der Waals surface area contributed by atoms with Crippen LogP contribution in [0.4, 0.5) is 0 Å². The number of amides is 1. The maximum atomic E-state index is 12.4. The smallest absolute Gasteiger partial charge is 0.255 e. The van der Waals surface area contributed by atoms with Gasteiger partial charge in [0.25, 0.3) is 5.91 Å². The van der Waals surface area contributed by atoms with Gasteiger partial charge in [0.2, 0.25) is 0 Å². The lowest BCUT2D eigenvalue weighted by molar-refractivity contribution is 0.0631. The van der Waals surface area contributed by atoms with Gasteiger partial charge in [-0.1, -0.05) is 23.2 Å². The van der Waals surface area contributed by atoms with E-state index in [1.54, 1.807) is 6.07 Å². The minimum Gasteiger partial charge on any atom is -0.336 e. The van der Waals surface area contributed by atoms with Gasteiger partial charge in [-0.25, -0.2) is 4.98 Å². The van der Waals surface area contributed by atoms with Crippen LogP contribution in [0.3, 0.4) is 0 Å². The SMILES string of the molecule is O=C(c1cnc(Cl)c(Cl)c1)N1CCN(CC2CC2)CC1. The van der Waals surface area contributed by atoms with Crippen LogP contribution in [0, 0.1) is 5.92 Å². The summed E-state index contributed by atoms with van der Waals surface area (Å²) in [6.45, 7) is 4.64. The summed E-state index contributed by atoms with van der Waals surface area (Å²) in [5.74, 6) is 0.888. The van der Waals surface area contributed by atoms with Crippen molar-refractivity contribution < 1.29 is 4.79 Å². The first kappa shape index (κ1) is 14.1. The molecule has 1 saturated heterocycles. The summed E-state index contributed by atoms with van der Waals surface area (Å²) in [4.78, 5) is 20.6. The molecule has 0 N–H and O–H groups in total. The zero-order valence-electron chi connectivity index (χ0n) is 11.2. The Morgan fingerprint density at radius 2 is 1.95 bits per heavy atom. The molecule has 3 rings (SSSR count). The third-order valence-electron chi connectivity index (χ3n) is 3.92. The van der Waals surface area contributed by atoms with Crippen molar-refractivity contribution >= 4 is 29.1 Å². The monoisotopic (exact) mass is 313 g/mol. The molecule has 20 heavy (non-hydrogen) atoms. The van der Waals surface area contributed by atoms with Crippen molar-refractivity contribution in [2.75, 3.05) is 32.7 Å². The van der Waals surface area contributed by atoms with E-state index >= 15 is 0 Å². The number of halogens is 2. The topological polar surface area (TPSA) is 36.4 Å². The van der Waals surface area contributed by atoms with Crippen LogP contribution in [0.25, 0.3) is 0 Å². The average Bonchev–Trinajstić information content (AvgIpc) is 3.26. The Morgan fingerprint density at radius 3 is 2.55 bits per heavy atom. The Hall–Kier alpha value is -0.840. The van der Waals surface area contributed by atoms with Crippen LogP contribution in [-0.4, -0.2) is 53.4 Å². The molecule has 2 heterocycles. The van der Waals surface area contributed by atoms with E-state index < -0.39 is 0 Å². The number of hydrogen-bond acceptors (Lipinski definition) is 3. The molecular weight excluding hydrogens is 297 g/mol. The summed E-state index contributed by atoms with van der Waals surface area (Å²) in [7, 11) is 0. The van der Waals surface area contributed by atoms with Crippen LogP contribution in [0.15, 0.2) is 12.3 Å². The molecule has 1 saturated carbocycles. The Labute approximate surface area is 128 Å². The van der Waals surface area contributed by atoms with Crippen molar-refractivity contribution in [2.24, 2.45) is 5.92 Å². The lowest BCUT2D eigenvalue weighted by Gasteiger charge is -2.34. The second-order valence-electron chi connectivity index (χ2n) is 5.53. The highest BCUT2D eigenvalue weighted by molar-refractivity contribution is 6.41. The first-order valence-corrected chi connectivity index (χ1v) is 7.72. The molecule has 2 aliphatic rings.